The van der Waals surface area contributed by atoms with Crippen molar-refractivity contribution in [3.8, 4) is 41.0 Å². The molecular formula is C23H20N4O4S. The number of carbonyl (C=O) groups excluding carboxylic acids is 1. The average molecular weight is 449 g/mol. The van der Waals surface area contributed by atoms with Gasteiger partial charge in [-0.3, -0.25) is 4.79 Å². The third-order valence-corrected chi connectivity index (χ3v) is 5.44. The molecule has 2 aromatic carbocycles. The van der Waals surface area contributed by atoms with Crippen molar-refractivity contribution in [2.45, 2.75) is 12.1 Å². The van der Waals surface area contributed by atoms with Gasteiger partial charge in [0.25, 0.3) is 0 Å². The Morgan fingerprint density at radius 1 is 1.16 bits per heavy atom. The van der Waals surface area contributed by atoms with Gasteiger partial charge in [0.15, 0.2) is 23.1 Å². The smallest absolute Gasteiger partial charge is 0.212 e. The van der Waals surface area contributed by atoms with Crippen molar-refractivity contribution in [3.05, 3.63) is 48.0 Å². The molecule has 0 atom stereocenters. The Kier molecular flexibility index (Phi) is 6.42. The Morgan fingerprint density at radius 2 is 2.03 bits per heavy atom. The summed E-state index contributed by atoms with van der Waals surface area (Å²) in [6.07, 6.45) is 5.28. The van der Waals surface area contributed by atoms with Crippen molar-refractivity contribution >= 4 is 23.3 Å². The van der Waals surface area contributed by atoms with E-state index in [4.69, 9.17) is 25.7 Å². The highest BCUT2D eigenvalue weighted by Gasteiger charge is 2.22. The van der Waals surface area contributed by atoms with Gasteiger partial charge in [-0.05, 0) is 37.3 Å². The second-order valence-electron chi connectivity index (χ2n) is 6.83. The Morgan fingerprint density at radius 3 is 2.81 bits per heavy atom. The van der Waals surface area contributed by atoms with E-state index in [0.29, 0.717) is 34.0 Å². The van der Waals surface area contributed by atoms with E-state index in [0.717, 1.165) is 16.8 Å². The number of terminal acetylenes is 1. The van der Waals surface area contributed by atoms with Crippen LogP contribution in [0.2, 0.25) is 0 Å². The van der Waals surface area contributed by atoms with Gasteiger partial charge in [-0.25, -0.2) is 0 Å². The first-order chi connectivity index (χ1) is 15.6. The van der Waals surface area contributed by atoms with Crippen LogP contribution < -0.4 is 14.2 Å². The zero-order chi connectivity index (χ0) is 22.5. The number of aromatic nitrogens is 3. The number of ketones is 1. The SMILES string of the molecule is C#CCOc1cccc(-c2nnc3n2N=C(c2ccc(OC)c(OCC(C)=O)c2)CS3)c1. The normalized spacial score (nSPS) is 12.3. The van der Waals surface area contributed by atoms with Crippen molar-refractivity contribution in [2.24, 2.45) is 5.10 Å². The number of rotatable bonds is 8. The molecule has 0 aliphatic carbocycles. The lowest BCUT2D eigenvalue weighted by atomic mass is 10.1. The Labute approximate surface area is 189 Å². The Bertz CT molecular complexity index is 1230. The molecule has 3 aromatic rings. The lowest BCUT2D eigenvalue weighted by Gasteiger charge is -2.16. The molecule has 0 saturated carbocycles. The fraction of sp³-hybridized carbons (Fsp3) is 0.217. The number of nitrogens with zero attached hydrogens (tertiary/aromatic N) is 4. The van der Waals surface area contributed by atoms with Crippen LogP contribution in [-0.2, 0) is 4.79 Å². The molecule has 0 N–H and O–H groups in total. The van der Waals surface area contributed by atoms with E-state index in [1.165, 1.54) is 18.7 Å². The summed E-state index contributed by atoms with van der Waals surface area (Å²) in [4.78, 5) is 11.3. The molecule has 0 radical (unpaired) electrons. The number of ether oxygens (including phenoxy) is 3. The van der Waals surface area contributed by atoms with Crippen LogP contribution in [0.4, 0.5) is 0 Å². The molecule has 32 heavy (non-hydrogen) atoms. The molecular weight excluding hydrogens is 428 g/mol. The van der Waals surface area contributed by atoms with E-state index in [1.807, 2.05) is 36.4 Å². The average Bonchev–Trinajstić information content (AvgIpc) is 3.24. The van der Waals surface area contributed by atoms with Gasteiger partial charge < -0.3 is 14.2 Å². The first-order valence-corrected chi connectivity index (χ1v) is 10.7. The lowest BCUT2D eigenvalue weighted by Crippen LogP contribution is -2.14. The number of thioether (sulfide) groups is 1. The summed E-state index contributed by atoms with van der Waals surface area (Å²) in [5, 5.41) is 14.1. The van der Waals surface area contributed by atoms with E-state index in [2.05, 4.69) is 16.1 Å². The first-order valence-electron chi connectivity index (χ1n) is 9.72. The Hall–Kier alpha value is -3.77. The molecule has 162 valence electrons. The van der Waals surface area contributed by atoms with Crippen molar-refractivity contribution in [1.29, 1.82) is 0 Å². The van der Waals surface area contributed by atoms with Gasteiger partial charge in [-0.1, -0.05) is 29.8 Å². The van der Waals surface area contributed by atoms with E-state index in [1.54, 1.807) is 17.9 Å². The van der Waals surface area contributed by atoms with Gasteiger partial charge in [0.2, 0.25) is 5.16 Å². The number of hydrogen-bond donors (Lipinski definition) is 0. The van der Waals surface area contributed by atoms with Gasteiger partial charge in [-0.15, -0.1) is 16.6 Å². The lowest BCUT2D eigenvalue weighted by molar-refractivity contribution is -0.118. The minimum atomic E-state index is -0.0738. The summed E-state index contributed by atoms with van der Waals surface area (Å²) in [5.74, 6) is 5.27. The van der Waals surface area contributed by atoms with Crippen LogP contribution in [0.1, 0.15) is 12.5 Å². The van der Waals surface area contributed by atoms with E-state index in [9.17, 15) is 4.79 Å². The van der Waals surface area contributed by atoms with E-state index < -0.39 is 0 Å². The molecule has 2 heterocycles. The van der Waals surface area contributed by atoms with Crippen LogP contribution >= 0.6 is 11.8 Å². The quantitative estimate of drug-likeness (QED) is 0.489. The second kappa shape index (κ2) is 9.58. The number of methoxy groups -OCH3 is 1. The van der Waals surface area contributed by atoms with Crippen molar-refractivity contribution < 1.29 is 19.0 Å². The molecule has 8 nitrogen and oxygen atoms in total. The van der Waals surface area contributed by atoms with Crippen molar-refractivity contribution in [1.82, 2.24) is 14.9 Å². The molecule has 0 spiro atoms. The van der Waals surface area contributed by atoms with Gasteiger partial charge in [0.05, 0.1) is 12.8 Å². The Balaban J connectivity index is 1.68. The summed E-state index contributed by atoms with van der Waals surface area (Å²) in [6.45, 7) is 1.63. The molecule has 0 bridgehead atoms. The first kappa shape index (κ1) is 21.5. The van der Waals surface area contributed by atoms with Gasteiger partial charge in [-0.2, -0.15) is 9.78 Å². The fourth-order valence-electron chi connectivity index (χ4n) is 3.05. The number of Topliss-reactive ketones (excluding diaryl/α,β-unsaturated/α-hetero) is 1. The monoisotopic (exact) mass is 448 g/mol. The fourth-order valence-corrected chi connectivity index (χ4v) is 3.89. The predicted octanol–water partition coefficient (Wildman–Crippen LogP) is 3.29. The minimum absolute atomic E-state index is 0.0289. The molecule has 0 saturated heterocycles. The summed E-state index contributed by atoms with van der Waals surface area (Å²) in [6, 6.07) is 13.0. The van der Waals surface area contributed by atoms with Crippen molar-refractivity contribution in [3.63, 3.8) is 0 Å². The molecule has 0 unspecified atom stereocenters. The molecule has 0 fully saturated rings. The predicted molar refractivity (Wildman–Crippen MR) is 122 cm³/mol. The van der Waals surface area contributed by atoms with Gasteiger partial charge in [0, 0.05) is 16.9 Å². The maximum atomic E-state index is 11.3. The highest BCUT2D eigenvalue weighted by atomic mass is 32.2. The van der Waals surface area contributed by atoms with Crippen LogP contribution in [0.25, 0.3) is 11.4 Å². The number of fused-ring (bicyclic) bond motifs is 1. The maximum Gasteiger partial charge on any atom is 0.212 e. The molecule has 9 heteroatoms. The molecule has 1 aliphatic heterocycles. The third-order valence-electron chi connectivity index (χ3n) is 4.51. The topological polar surface area (TPSA) is 87.8 Å². The minimum Gasteiger partial charge on any atom is -0.493 e. The van der Waals surface area contributed by atoms with Crippen LogP contribution in [0.15, 0.2) is 52.7 Å². The molecule has 0 amide bonds. The largest absolute Gasteiger partial charge is 0.493 e. The number of hydrogen-bond acceptors (Lipinski definition) is 8. The summed E-state index contributed by atoms with van der Waals surface area (Å²) >= 11 is 1.53. The van der Waals surface area contributed by atoms with E-state index in [-0.39, 0.29) is 19.0 Å². The molecule has 4 rings (SSSR count). The highest BCUT2D eigenvalue weighted by Crippen LogP contribution is 2.33. The number of carbonyl (C=O) groups is 1. The summed E-state index contributed by atoms with van der Waals surface area (Å²) < 4.78 is 18.2. The van der Waals surface area contributed by atoms with Crippen LogP contribution in [0.5, 0.6) is 17.2 Å². The molecule has 1 aliphatic rings. The summed E-state index contributed by atoms with van der Waals surface area (Å²) in [7, 11) is 1.56. The number of benzene rings is 2. The zero-order valence-electron chi connectivity index (χ0n) is 17.6. The standard InChI is InChI=1S/C23H20N4O4S/c1-4-10-30-18-7-5-6-17(11-18)22-24-25-23-27(22)26-19(14-32-23)16-8-9-20(29-3)21(12-16)31-13-15(2)28/h1,5-9,11-12H,10,13-14H2,2-3H3. The zero-order valence-corrected chi connectivity index (χ0v) is 18.4. The molecule has 1 aromatic heterocycles. The van der Waals surface area contributed by atoms with Crippen LogP contribution in [-0.4, -0.2) is 52.4 Å². The van der Waals surface area contributed by atoms with Crippen LogP contribution in [0.3, 0.4) is 0 Å². The van der Waals surface area contributed by atoms with Gasteiger partial charge >= 0.3 is 0 Å². The van der Waals surface area contributed by atoms with Crippen LogP contribution in [0, 0.1) is 12.3 Å². The highest BCUT2D eigenvalue weighted by molar-refractivity contribution is 7.99. The van der Waals surface area contributed by atoms with E-state index >= 15 is 0 Å². The third kappa shape index (κ3) is 4.60. The van der Waals surface area contributed by atoms with Gasteiger partial charge in [0.1, 0.15) is 19.0 Å². The maximum absolute atomic E-state index is 11.3. The second-order valence-corrected chi connectivity index (χ2v) is 7.77. The summed E-state index contributed by atoms with van der Waals surface area (Å²) in [5.41, 5.74) is 2.48. The van der Waals surface area contributed by atoms with Crippen molar-refractivity contribution in [2.75, 3.05) is 26.1 Å².